The molecular formula is C19H20N4O3S. The third-order valence-corrected chi connectivity index (χ3v) is 4.80. The fraction of sp³-hybridized carbons (Fsp3) is 0.263. The number of nitrogens with zero attached hydrogens (tertiary/aromatic N) is 3. The summed E-state index contributed by atoms with van der Waals surface area (Å²) < 4.78 is 10.1. The number of anilines is 2. The van der Waals surface area contributed by atoms with E-state index in [1.54, 1.807) is 55.8 Å². The zero-order valence-electron chi connectivity index (χ0n) is 15.4. The molecule has 2 aromatic heterocycles. The van der Waals surface area contributed by atoms with E-state index in [-0.39, 0.29) is 5.97 Å². The quantitative estimate of drug-likeness (QED) is 0.617. The Bertz CT molecular complexity index is 925. The van der Waals surface area contributed by atoms with Gasteiger partial charge in [-0.25, -0.2) is 19.7 Å². The van der Waals surface area contributed by atoms with E-state index in [1.807, 2.05) is 13.0 Å². The number of hydrogen-bond acceptors (Lipinski definition) is 8. The first-order valence-electron chi connectivity index (χ1n) is 8.43. The van der Waals surface area contributed by atoms with Gasteiger partial charge in [-0.2, -0.15) is 0 Å². The van der Waals surface area contributed by atoms with Gasteiger partial charge in [-0.1, -0.05) is 0 Å². The molecule has 3 rings (SSSR count). The fourth-order valence-electron chi connectivity index (χ4n) is 2.45. The van der Waals surface area contributed by atoms with Crippen LogP contribution in [0.3, 0.4) is 0 Å². The van der Waals surface area contributed by atoms with Crippen molar-refractivity contribution in [3.05, 3.63) is 52.8 Å². The summed E-state index contributed by atoms with van der Waals surface area (Å²) in [6, 6.07) is 8.84. The van der Waals surface area contributed by atoms with Crippen LogP contribution in [-0.2, 0) is 16.1 Å². The minimum atomic E-state index is -0.338. The molecule has 0 radical (unpaired) electrons. The van der Waals surface area contributed by atoms with Gasteiger partial charge in [-0.05, 0) is 44.2 Å². The number of hydrogen-bond donors (Lipinski definition) is 1. The predicted molar refractivity (Wildman–Crippen MR) is 104 cm³/mol. The highest BCUT2D eigenvalue weighted by molar-refractivity contribution is 7.15. The Kier molecular flexibility index (Phi) is 6.10. The monoisotopic (exact) mass is 384 g/mol. The highest BCUT2D eigenvalue weighted by Crippen LogP contribution is 2.29. The highest BCUT2D eigenvalue weighted by Gasteiger charge is 2.12. The lowest BCUT2D eigenvalue weighted by molar-refractivity contribution is 0.0526. The average molecular weight is 384 g/mol. The van der Waals surface area contributed by atoms with Crippen LogP contribution in [0.1, 0.15) is 28.0 Å². The van der Waals surface area contributed by atoms with E-state index < -0.39 is 0 Å². The molecule has 0 fully saturated rings. The number of carbonyl (C=O) groups excluding carboxylic acids is 1. The molecule has 140 valence electrons. The zero-order chi connectivity index (χ0) is 19.2. The van der Waals surface area contributed by atoms with Gasteiger partial charge in [0.2, 0.25) is 5.95 Å². The van der Waals surface area contributed by atoms with E-state index in [2.05, 4.69) is 20.3 Å². The molecule has 0 saturated heterocycles. The third-order valence-electron chi connectivity index (χ3n) is 3.65. The fourth-order valence-corrected chi connectivity index (χ4v) is 3.46. The maximum Gasteiger partial charge on any atom is 0.338 e. The molecule has 0 atom stereocenters. The smallest absolute Gasteiger partial charge is 0.338 e. The molecule has 0 aliphatic rings. The van der Waals surface area contributed by atoms with Crippen molar-refractivity contribution < 1.29 is 14.3 Å². The Morgan fingerprint density at radius 2 is 1.96 bits per heavy atom. The standard InChI is InChI=1S/C19H20N4O3S/c1-4-26-18(24)13-5-7-14(8-6-13)22-19-20-10-9-15(23-19)17-12(2)21-16(27-17)11-25-3/h5-10H,4,11H2,1-3H3,(H,20,22,23). The van der Waals surface area contributed by atoms with Crippen LogP contribution in [0.4, 0.5) is 11.6 Å². The van der Waals surface area contributed by atoms with Crippen LogP contribution in [0.2, 0.25) is 0 Å². The number of benzene rings is 1. The minimum absolute atomic E-state index is 0.338. The van der Waals surface area contributed by atoms with Gasteiger partial charge in [0.1, 0.15) is 5.01 Å². The molecule has 0 saturated carbocycles. The maximum absolute atomic E-state index is 11.7. The molecule has 0 amide bonds. The van der Waals surface area contributed by atoms with Crippen molar-refractivity contribution >= 4 is 28.9 Å². The largest absolute Gasteiger partial charge is 0.462 e. The zero-order valence-corrected chi connectivity index (χ0v) is 16.2. The van der Waals surface area contributed by atoms with Crippen LogP contribution in [0.5, 0.6) is 0 Å². The number of carbonyl (C=O) groups is 1. The van der Waals surface area contributed by atoms with Gasteiger partial charge < -0.3 is 14.8 Å². The summed E-state index contributed by atoms with van der Waals surface area (Å²) in [4.78, 5) is 26.0. The Hall–Kier alpha value is -2.84. The summed E-state index contributed by atoms with van der Waals surface area (Å²) in [5.41, 5.74) is 2.99. The molecule has 1 aromatic carbocycles. The number of rotatable bonds is 7. The maximum atomic E-state index is 11.7. The number of aromatic nitrogens is 3. The van der Waals surface area contributed by atoms with Crippen LogP contribution >= 0.6 is 11.3 Å². The molecule has 0 unspecified atom stereocenters. The van der Waals surface area contributed by atoms with Crippen molar-refractivity contribution in [2.75, 3.05) is 19.0 Å². The molecule has 8 heteroatoms. The first-order valence-corrected chi connectivity index (χ1v) is 9.25. The van der Waals surface area contributed by atoms with Gasteiger partial charge in [0.15, 0.2) is 0 Å². The predicted octanol–water partition coefficient (Wildman–Crippen LogP) is 3.98. The van der Waals surface area contributed by atoms with E-state index >= 15 is 0 Å². The average Bonchev–Trinajstić information content (AvgIpc) is 3.03. The number of thiazole rings is 1. The van der Waals surface area contributed by atoms with Crippen molar-refractivity contribution in [2.24, 2.45) is 0 Å². The molecule has 3 aromatic rings. The summed E-state index contributed by atoms with van der Waals surface area (Å²) in [6.45, 7) is 4.56. The molecule has 0 aliphatic carbocycles. The van der Waals surface area contributed by atoms with Gasteiger partial charge in [0.25, 0.3) is 0 Å². The highest BCUT2D eigenvalue weighted by atomic mass is 32.1. The normalized spacial score (nSPS) is 10.6. The van der Waals surface area contributed by atoms with E-state index in [9.17, 15) is 4.79 Å². The number of aryl methyl sites for hydroxylation is 1. The van der Waals surface area contributed by atoms with Crippen molar-refractivity contribution in [3.8, 4) is 10.6 Å². The second-order valence-corrected chi connectivity index (χ2v) is 6.73. The van der Waals surface area contributed by atoms with Gasteiger partial charge in [-0.3, -0.25) is 0 Å². The van der Waals surface area contributed by atoms with Gasteiger partial charge >= 0.3 is 5.97 Å². The minimum Gasteiger partial charge on any atom is -0.462 e. The lowest BCUT2D eigenvalue weighted by atomic mass is 10.2. The third kappa shape index (κ3) is 4.66. The van der Waals surface area contributed by atoms with Crippen LogP contribution in [0.25, 0.3) is 10.6 Å². The van der Waals surface area contributed by atoms with Gasteiger partial charge in [-0.15, -0.1) is 11.3 Å². The number of methoxy groups -OCH3 is 1. The van der Waals surface area contributed by atoms with Crippen molar-refractivity contribution in [3.63, 3.8) is 0 Å². The molecule has 27 heavy (non-hydrogen) atoms. The van der Waals surface area contributed by atoms with Crippen LogP contribution in [-0.4, -0.2) is 34.6 Å². The van der Waals surface area contributed by atoms with Crippen molar-refractivity contribution in [2.45, 2.75) is 20.5 Å². The van der Waals surface area contributed by atoms with Crippen LogP contribution < -0.4 is 5.32 Å². The van der Waals surface area contributed by atoms with E-state index in [1.165, 1.54) is 0 Å². The molecule has 7 nitrogen and oxygen atoms in total. The molecule has 0 bridgehead atoms. The molecule has 0 aliphatic heterocycles. The number of nitrogens with one attached hydrogen (secondary N) is 1. The molecular weight excluding hydrogens is 364 g/mol. The first kappa shape index (κ1) is 18.9. The van der Waals surface area contributed by atoms with Crippen LogP contribution in [0, 0.1) is 6.92 Å². The van der Waals surface area contributed by atoms with Crippen LogP contribution in [0.15, 0.2) is 36.5 Å². The summed E-state index contributed by atoms with van der Waals surface area (Å²) in [5.74, 6) is 0.132. The molecule has 0 spiro atoms. The molecule has 2 heterocycles. The summed E-state index contributed by atoms with van der Waals surface area (Å²) in [7, 11) is 1.65. The first-order chi connectivity index (χ1) is 13.1. The van der Waals surface area contributed by atoms with E-state index in [0.29, 0.717) is 24.7 Å². The Morgan fingerprint density at radius 3 is 2.67 bits per heavy atom. The lowest BCUT2D eigenvalue weighted by Crippen LogP contribution is -2.04. The lowest BCUT2D eigenvalue weighted by Gasteiger charge is -2.07. The number of esters is 1. The molecule has 1 N–H and O–H groups in total. The van der Waals surface area contributed by atoms with Gasteiger partial charge in [0, 0.05) is 19.0 Å². The van der Waals surface area contributed by atoms with E-state index in [0.717, 1.165) is 27.0 Å². The Balaban J connectivity index is 1.77. The Morgan fingerprint density at radius 1 is 1.19 bits per heavy atom. The summed E-state index contributed by atoms with van der Waals surface area (Å²) in [6.07, 6.45) is 1.70. The second-order valence-electron chi connectivity index (χ2n) is 5.64. The van der Waals surface area contributed by atoms with E-state index in [4.69, 9.17) is 9.47 Å². The van der Waals surface area contributed by atoms with Crippen molar-refractivity contribution in [1.29, 1.82) is 0 Å². The Labute approximate surface area is 161 Å². The topological polar surface area (TPSA) is 86.2 Å². The van der Waals surface area contributed by atoms with Gasteiger partial charge in [0.05, 0.1) is 35.0 Å². The number of ether oxygens (including phenoxy) is 2. The summed E-state index contributed by atoms with van der Waals surface area (Å²) >= 11 is 1.56. The SMILES string of the molecule is CCOC(=O)c1ccc(Nc2nccc(-c3sc(COC)nc3C)n2)cc1. The second kappa shape index (κ2) is 8.70. The van der Waals surface area contributed by atoms with Crippen molar-refractivity contribution in [1.82, 2.24) is 15.0 Å². The summed E-state index contributed by atoms with van der Waals surface area (Å²) in [5, 5.41) is 4.06.